The number of rotatable bonds is 15. The number of hydrogen-bond donors (Lipinski definition) is 2. The predicted molar refractivity (Wildman–Crippen MR) is 92.2 cm³/mol. The summed E-state index contributed by atoms with van der Waals surface area (Å²) in [4.78, 5) is 0. The minimum absolute atomic E-state index is 0.365. The molecule has 0 aliphatic carbocycles. The van der Waals surface area contributed by atoms with Gasteiger partial charge in [0, 0.05) is 5.54 Å². The molecule has 122 valence electrons. The van der Waals surface area contributed by atoms with E-state index in [0.29, 0.717) is 5.54 Å². The molecule has 3 N–H and O–H groups in total. The highest BCUT2D eigenvalue weighted by Gasteiger charge is 2.17. The van der Waals surface area contributed by atoms with Crippen LogP contribution in [0.2, 0.25) is 0 Å². The molecule has 2 heteroatoms. The van der Waals surface area contributed by atoms with Gasteiger partial charge in [-0.1, -0.05) is 65.2 Å². The third-order valence-corrected chi connectivity index (χ3v) is 4.74. The van der Waals surface area contributed by atoms with Crippen molar-refractivity contribution in [3.05, 3.63) is 0 Å². The standard InChI is InChI=1S/C18H40N2/c1-4-18(3,5-2)20-17-15-13-11-9-7-6-8-10-12-14-16-19/h20H,4-17,19H2,1-3H3. The summed E-state index contributed by atoms with van der Waals surface area (Å²) in [6.07, 6.45) is 16.2. The molecule has 0 amide bonds. The largest absolute Gasteiger partial charge is 0.330 e. The Morgan fingerprint density at radius 2 is 1.10 bits per heavy atom. The van der Waals surface area contributed by atoms with Gasteiger partial charge in [-0.05, 0) is 45.7 Å². The average Bonchev–Trinajstić information content (AvgIpc) is 2.48. The number of nitrogens with two attached hydrogens (primary N) is 1. The number of unbranched alkanes of at least 4 members (excludes halogenated alkanes) is 9. The van der Waals surface area contributed by atoms with Gasteiger partial charge >= 0.3 is 0 Å². The topological polar surface area (TPSA) is 38.0 Å². The van der Waals surface area contributed by atoms with Crippen LogP contribution in [0.4, 0.5) is 0 Å². The van der Waals surface area contributed by atoms with E-state index in [2.05, 4.69) is 26.1 Å². The molecular formula is C18H40N2. The van der Waals surface area contributed by atoms with Crippen molar-refractivity contribution in [1.29, 1.82) is 0 Å². The Hall–Kier alpha value is -0.0800. The van der Waals surface area contributed by atoms with Gasteiger partial charge in [0.25, 0.3) is 0 Å². The number of nitrogens with one attached hydrogen (secondary N) is 1. The van der Waals surface area contributed by atoms with Gasteiger partial charge in [-0.25, -0.2) is 0 Å². The maximum atomic E-state index is 5.49. The molecule has 0 aromatic heterocycles. The summed E-state index contributed by atoms with van der Waals surface area (Å²) in [5, 5.41) is 3.72. The van der Waals surface area contributed by atoms with Crippen molar-refractivity contribution in [3.63, 3.8) is 0 Å². The highest BCUT2D eigenvalue weighted by molar-refractivity contribution is 4.79. The molecule has 0 saturated heterocycles. The summed E-state index contributed by atoms with van der Waals surface area (Å²) in [5.41, 5.74) is 5.85. The Balaban J connectivity index is 3.17. The van der Waals surface area contributed by atoms with Crippen molar-refractivity contribution in [2.45, 2.75) is 103 Å². The molecule has 0 spiro atoms. The highest BCUT2D eigenvalue weighted by atomic mass is 15.0. The van der Waals surface area contributed by atoms with Crippen LogP contribution in [0.15, 0.2) is 0 Å². The molecule has 0 saturated carbocycles. The lowest BCUT2D eigenvalue weighted by Gasteiger charge is -2.28. The molecule has 0 aliphatic rings. The van der Waals surface area contributed by atoms with Crippen LogP contribution in [0, 0.1) is 0 Å². The Labute approximate surface area is 128 Å². The Bertz CT molecular complexity index is 188. The third kappa shape index (κ3) is 11.7. The van der Waals surface area contributed by atoms with Gasteiger partial charge < -0.3 is 11.1 Å². The summed E-state index contributed by atoms with van der Waals surface area (Å²) in [5.74, 6) is 0. The SMILES string of the molecule is CCC(C)(CC)NCCCCCCCCCCCCN. The molecule has 20 heavy (non-hydrogen) atoms. The molecule has 0 rings (SSSR count). The summed E-state index contributed by atoms with van der Waals surface area (Å²) in [6, 6.07) is 0. The second kappa shape index (κ2) is 13.9. The van der Waals surface area contributed by atoms with E-state index in [9.17, 15) is 0 Å². The quantitative estimate of drug-likeness (QED) is 0.415. The first-order valence-corrected chi connectivity index (χ1v) is 9.13. The minimum Gasteiger partial charge on any atom is -0.330 e. The van der Waals surface area contributed by atoms with Crippen molar-refractivity contribution < 1.29 is 0 Å². The van der Waals surface area contributed by atoms with Crippen molar-refractivity contribution in [3.8, 4) is 0 Å². The van der Waals surface area contributed by atoms with Crippen LogP contribution in [0.3, 0.4) is 0 Å². The first kappa shape index (κ1) is 19.9. The van der Waals surface area contributed by atoms with Gasteiger partial charge in [-0.3, -0.25) is 0 Å². The molecule has 0 atom stereocenters. The Kier molecular flexibility index (Phi) is 13.8. The Morgan fingerprint density at radius 3 is 1.50 bits per heavy atom. The van der Waals surface area contributed by atoms with Crippen LogP contribution < -0.4 is 11.1 Å². The van der Waals surface area contributed by atoms with Crippen LogP contribution in [0.1, 0.15) is 97.8 Å². The summed E-state index contributed by atoms with van der Waals surface area (Å²) in [7, 11) is 0. The fraction of sp³-hybridized carbons (Fsp3) is 1.00. The van der Waals surface area contributed by atoms with Crippen molar-refractivity contribution in [1.82, 2.24) is 5.32 Å². The zero-order chi connectivity index (χ0) is 15.1. The zero-order valence-electron chi connectivity index (χ0n) is 14.5. The lowest BCUT2D eigenvalue weighted by Crippen LogP contribution is -2.41. The number of hydrogen-bond acceptors (Lipinski definition) is 2. The van der Waals surface area contributed by atoms with E-state index >= 15 is 0 Å². The van der Waals surface area contributed by atoms with Crippen LogP contribution in [-0.2, 0) is 0 Å². The maximum Gasteiger partial charge on any atom is 0.0148 e. The summed E-state index contributed by atoms with van der Waals surface area (Å²) in [6.45, 7) is 8.96. The molecule has 0 radical (unpaired) electrons. The fourth-order valence-corrected chi connectivity index (χ4v) is 2.57. The average molecular weight is 285 g/mol. The minimum atomic E-state index is 0.365. The van der Waals surface area contributed by atoms with Gasteiger partial charge in [0.1, 0.15) is 0 Å². The molecule has 0 bridgehead atoms. The summed E-state index contributed by atoms with van der Waals surface area (Å²) < 4.78 is 0. The fourth-order valence-electron chi connectivity index (χ4n) is 2.57. The van der Waals surface area contributed by atoms with Crippen molar-refractivity contribution in [2.75, 3.05) is 13.1 Å². The monoisotopic (exact) mass is 284 g/mol. The molecule has 2 nitrogen and oxygen atoms in total. The van der Waals surface area contributed by atoms with E-state index in [0.717, 1.165) is 6.54 Å². The van der Waals surface area contributed by atoms with Crippen LogP contribution in [-0.4, -0.2) is 18.6 Å². The molecule has 0 aliphatic heterocycles. The molecule has 0 aromatic carbocycles. The van der Waals surface area contributed by atoms with Gasteiger partial charge in [-0.15, -0.1) is 0 Å². The second-order valence-electron chi connectivity index (χ2n) is 6.52. The molecule has 0 heterocycles. The van der Waals surface area contributed by atoms with Gasteiger partial charge in [0.05, 0.1) is 0 Å². The van der Waals surface area contributed by atoms with E-state index in [4.69, 9.17) is 5.73 Å². The lowest BCUT2D eigenvalue weighted by molar-refractivity contribution is 0.328. The molecule has 0 unspecified atom stereocenters. The van der Waals surface area contributed by atoms with Crippen LogP contribution >= 0.6 is 0 Å². The maximum absolute atomic E-state index is 5.49. The van der Waals surface area contributed by atoms with Gasteiger partial charge in [0.15, 0.2) is 0 Å². The molecule has 0 aromatic rings. The van der Waals surface area contributed by atoms with Crippen molar-refractivity contribution >= 4 is 0 Å². The zero-order valence-corrected chi connectivity index (χ0v) is 14.5. The molecular weight excluding hydrogens is 244 g/mol. The van der Waals surface area contributed by atoms with E-state index in [1.807, 2.05) is 0 Å². The van der Waals surface area contributed by atoms with E-state index < -0.39 is 0 Å². The van der Waals surface area contributed by atoms with E-state index in [1.165, 1.54) is 83.6 Å². The normalized spacial score (nSPS) is 12.0. The lowest BCUT2D eigenvalue weighted by atomic mass is 9.95. The first-order chi connectivity index (χ1) is 9.68. The van der Waals surface area contributed by atoms with Crippen molar-refractivity contribution in [2.24, 2.45) is 5.73 Å². The van der Waals surface area contributed by atoms with Gasteiger partial charge in [0.2, 0.25) is 0 Å². The van der Waals surface area contributed by atoms with E-state index in [-0.39, 0.29) is 0 Å². The predicted octanol–water partition coefficient (Wildman–Crippen LogP) is 5.01. The molecule has 0 fully saturated rings. The van der Waals surface area contributed by atoms with E-state index in [1.54, 1.807) is 0 Å². The Morgan fingerprint density at radius 1 is 0.700 bits per heavy atom. The van der Waals surface area contributed by atoms with Gasteiger partial charge in [-0.2, -0.15) is 0 Å². The highest BCUT2D eigenvalue weighted by Crippen LogP contribution is 2.14. The first-order valence-electron chi connectivity index (χ1n) is 9.13. The third-order valence-electron chi connectivity index (χ3n) is 4.74. The van der Waals surface area contributed by atoms with Crippen LogP contribution in [0.25, 0.3) is 0 Å². The summed E-state index contributed by atoms with van der Waals surface area (Å²) >= 11 is 0. The second-order valence-corrected chi connectivity index (χ2v) is 6.52. The smallest absolute Gasteiger partial charge is 0.0148 e. The van der Waals surface area contributed by atoms with Crippen LogP contribution in [0.5, 0.6) is 0 Å².